The number of hydrogen-bond donors (Lipinski definition) is 1. The minimum Gasteiger partial charge on any atom is -0.494 e. The molecular formula is C14H18FNO3. The molecular weight excluding hydrogens is 249 g/mol. The van der Waals surface area contributed by atoms with E-state index in [2.05, 4.69) is 5.32 Å². The predicted molar refractivity (Wildman–Crippen MR) is 68.6 cm³/mol. The highest BCUT2D eigenvalue weighted by atomic mass is 19.1. The Morgan fingerprint density at radius 1 is 1.58 bits per heavy atom. The summed E-state index contributed by atoms with van der Waals surface area (Å²) in [6.07, 6.45) is 2.31. The van der Waals surface area contributed by atoms with Crippen LogP contribution < -0.4 is 10.1 Å². The van der Waals surface area contributed by atoms with Gasteiger partial charge in [0.2, 0.25) is 5.91 Å². The topological polar surface area (TPSA) is 47.6 Å². The van der Waals surface area contributed by atoms with Crippen LogP contribution in [0.25, 0.3) is 0 Å². The van der Waals surface area contributed by atoms with Gasteiger partial charge in [0.25, 0.3) is 0 Å². The third-order valence-corrected chi connectivity index (χ3v) is 3.13. The van der Waals surface area contributed by atoms with E-state index in [0.717, 1.165) is 19.4 Å². The Labute approximate surface area is 111 Å². The Morgan fingerprint density at radius 3 is 3.05 bits per heavy atom. The Bertz CT molecular complexity index is 444. The van der Waals surface area contributed by atoms with Crippen molar-refractivity contribution in [1.29, 1.82) is 0 Å². The maximum Gasteiger partial charge on any atom is 0.224 e. The molecule has 1 saturated heterocycles. The number of carbonyl (C=O) groups excluding carboxylic acids is 1. The smallest absolute Gasteiger partial charge is 0.224 e. The summed E-state index contributed by atoms with van der Waals surface area (Å²) in [7, 11) is 1.41. The van der Waals surface area contributed by atoms with Gasteiger partial charge in [0, 0.05) is 13.2 Å². The van der Waals surface area contributed by atoms with Crippen molar-refractivity contribution in [2.75, 3.05) is 20.3 Å². The zero-order chi connectivity index (χ0) is 13.7. The normalized spacial score (nSPS) is 18.3. The molecule has 1 fully saturated rings. The standard InChI is InChI=1S/C14H18FNO3/c1-18-13-5-4-10(7-12(13)15)8-14(17)16-9-11-3-2-6-19-11/h4-5,7,11H,2-3,6,8-9H2,1H3,(H,16,17)/t11-/m1/s1. The third-order valence-electron chi connectivity index (χ3n) is 3.13. The SMILES string of the molecule is COc1ccc(CC(=O)NC[C@H]2CCCO2)cc1F. The van der Waals surface area contributed by atoms with Crippen LogP contribution in [0.3, 0.4) is 0 Å². The van der Waals surface area contributed by atoms with Crippen LogP contribution in [-0.4, -0.2) is 32.3 Å². The fraction of sp³-hybridized carbons (Fsp3) is 0.500. The van der Waals surface area contributed by atoms with Crippen molar-refractivity contribution in [2.45, 2.75) is 25.4 Å². The molecule has 0 unspecified atom stereocenters. The first-order valence-corrected chi connectivity index (χ1v) is 6.40. The second-order valence-corrected chi connectivity index (χ2v) is 4.58. The van der Waals surface area contributed by atoms with E-state index in [9.17, 15) is 9.18 Å². The molecule has 104 valence electrons. The summed E-state index contributed by atoms with van der Waals surface area (Å²) in [5, 5.41) is 2.80. The Balaban J connectivity index is 1.82. The van der Waals surface area contributed by atoms with Crippen molar-refractivity contribution in [3.63, 3.8) is 0 Å². The van der Waals surface area contributed by atoms with E-state index in [0.29, 0.717) is 12.1 Å². The molecule has 0 aliphatic carbocycles. The maximum atomic E-state index is 13.5. The number of carbonyl (C=O) groups is 1. The summed E-state index contributed by atoms with van der Waals surface area (Å²) >= 11 is 0. The number of methoxy groups -OCH3 is 1. The van der Waals surface area contributed by atoms with Gasteiger partial charge >= 0.3 is 0 Å². The first-order valence-electron chi connectivity index (χ1n) is 6.40. The van der Waals surface area contributed by atoms with E-state index in [-0.39, 0.29) is 24.2 Å². The van der Waals surface area contributed by atoms with Gasteiger partial charge in [0.05, 0.1) is 19.6 Å². The summed E-state index contributed by atoms with van der Waals surface area (Å²) in [5.74, 6) is -0.393. The molecule has 1 N–H and O–H groups in total. The van der Waals surface area contributed by atoms with Gasteiger partial charge in [0.15, 0.2) is 11.6 Å². The van der Waals surface area contributed by atoms with E-state index in [4.69, 9.17) is 9.47 Å². The minimum atomic E-state index is -0.452. The van der Waals surface area contributed by atoms with Crippen LogP contribution in [0.2, 0.25) is 0 Å². The van der Waals surface area contributed by atoms with Crippen LogP contribution in [0.15, 0.2) is 18.2 Å². The van der Waals surface area contributed by atoms with E-state index in [1.807, 2.05) is 0 Å². The molecule has 4 nitrogen and oxygen atoms in total. The molecule has 0 radical (unpaired) electrons. The molecule has 1 atom stereocenters. The molecule has 1 aromatic rings. The lowest BCUT2D eigenvalue weighted by atomic mass is 10.1. The second-order valence-electron chi connectivity index (χ2n) is 4.58. The summed E-state index contributed by atoms with van der Waals surface area (Å²) in [6, 6.07) is 4.54. The minimum absolute atomic E-state index is 0.122. The molecule has 5 heteroatoms. The molecule has 0 bridgehead atoms. The van der Waals surface area contributed by atoms with Gasteiger partial charge in [-0.05, 0) is 30.5 Å². The molecule has 1 heterocycles. The van der Waals surface area contributed by atoms with Crippen LogP contribution in [0.4, 0.5) is 4.39 Å². The molecule has 1 aliphatic heterocycles. The fourth-order valence-corrected chi connectivity index (χ4v) is 2.10. The average Bonchev–Trinajstić information content (AvgIpc) is 2.90. The van der Waals surface area contributed by atoms with Gasteiger partial charge in [-0.2, -0.15) is 0 Å². The van der Waals surface area contributed by atoms with Crippen LogP contribution >= 0.6 is 0 Å². The Morgan fingerprint density at radius 2 is 2.42 bits per heavy atom. The molecule has 0 saturated carbocycles. The lowest BCUT2D eigenvalue weighted by Crippen LogP contribution is -2.32. The van der Waals surface area contributed by atoms with Crippen LogP contribution in [-0.2, 0) is 16.0 Å². The summed E-state index contributed by atoms with van der Waals surface area (Å²) < 4.78 is 23.7. The van der Waals surface area contributed by atoms with Crippen molar-refractivity contribution >= 4 is 5.91 Å². The molecule has 2 rings (SSSR count). The van der Waals surface area contributed by atoms with Crippen molar-refractivity contribution < 1.29 is 18.7 Å². The quantitative estimate of drug-likeness (QED) is 0.883. The molecule has 0 spiro atoms. The number of rotatable bonds is 5. The summed E-state index contributed by atoms with van der Waals surface area (Å²) in [4.78, 5) is 11.7. The molecule has 0 aromatic heterocycles. The second kappa shape index (κ2) is 6.52. The largest absolute Gasteiger partial charge is 0.494 e. The monoisotopic (exact) mass is 267 g/mol. The van der Waals surface area contributed by atoms with Gasteiger partial charge in [-0.15, -0.1) is 0 Å². The van der Waals surface area contributed by atoms with Crippen molar-refractivity contribution in [1.82, 2.24) is 5.32 Å². The Hall–Kier alpha value is -1.62. The lowest BCUT2D eigenvalue weighted by Gasteiger charge is -2.11. The van der Waals surface area contributed by atoms with Crippen LogP contribution in [0.5, 0.6) is 5.75 Å². The Kier molecular flexibility index (Phi) is 4.74. The third kappa shape index (κ3) is 3.92. The number of hydrogen-bond acceptors (Lipinski definition) is 3. The van der Waals surface area contributed by atoms with Crippen LogP contribution in [0.1, 0.15) is 18.4 Å². The summed E-state index contributed by atoms with van der Waals surface area (Å²) in [6.45, 7) is 1.29. The number of nitrogens with one attached hydrogen (secondary N) is 1. The van der Waals surface area contributed by atoms with Crippen molar-refractivity contribution in [3.05, 3.63) is 29.6 Å². The molecule has 1 amide bonds. The van der Waals surface area contributed by atoms with Gasteiger partial charge in [-0.3, -0.25) is 4.79 Å². The van der Waals surface area contributed by atoms with Gasteiger partial charge in [0.1, 0.15) is 0 Å². The predicted octanol–water partition coefficient (Wildman–Crippen LogP) is 1.67. The first-order chi connectivity index (χ1) is 9.19. The number of ether oxygens (including phenoxy) is 2. The van der Waals surface area contributed by atoms with Gasteiger partial charge in [-0.1, -0.05) is 6.07 Å². The van der Waals surface area contributed by atoms with Crippen molar-refractivity contribution in [3.8, 4) is 5.75 Å². The average molecular weight is 267 g/mol. The highest BCUT2D eigenvalue weighted by Gasteiger charge is 2.16. The van der Waals surface area contributed by atoms with E-state index in [1.165, 1.54) is 19.2 Å². The zero-order valence-corrected chi connectivity index (χ0v) is 10.9. The fourth-order valence-electron chi connectivity index (χ4n) is 2.10. The lowest BCUT2D eigenvalue weighted by molar-refractivity contribution is -0.120. The highest BCUT2D eigenvalue weighted by Crippen LogP contribution is 2.18. The number of benzene rings is 1. The number of amides is 1. The van der Waals surface area contributed by atoms with Crippen molar-refractivity contribution in [2.24, 2.45) is 0 Å². The molecule has 1 aliphatic rings. The van der Waals surface area contributed by atoms with E-state index < -0.39 is 5.82 Å². The first kappa shape index (κ1) is 13.8. The highest BCUT2D eigenvalue weighted by molar-refractivity contribution is 5.78. The van der Waals surface area contributed by atoms with Gasteiger partial charge in [-0.25, -0.2) is 4.39 Å². The zero-order valence-electron chi connectivity index (χ0n) is 10.9. The summed E-state index contributed by atoms with van der Waals surface area (Å²) in [5.41, 5.74) is 0.628. The van der Waals surface area contributed by atoms with E-state index in [1.54, 1.807) is 6.07 Å². The maximum absolute atomic E-state index is 13.5. The van der Waals surface area contributed by atoms with E-state index >= 15 is 0 Å². The number of halogens is 1. The molecule has 1 aromatic carbocycles. The molecule has 19 heavy (non-hydrogen) atoms. The van der Waals surface area contributed by atoms with Crippen LogP contribution in [0, 0.1) is 5.82 Å². The van der Waals surface area contributed by atoms with Gasteiger partial charge < -0.3 is 14.8 Å².